The van der Waals surface area contributed by atoms with Crippen molar-refractivity contribution >= 4 is 39.3 Å². The Hall–Kier alpha value is -2.22. The maximum absolute atomic E-state index is 13.1. The van der Waals surface area contributed by atoms with E-state index in [0.717, 1.165) is 47.3 Å². The average molecular weight is 416 g/mol. The van der Waals surface area contributed by atoms with Crippen molar-refractivity contribution in [3.05, 3.63) is 16.8 Å². The number of anilines is 1. The molecule has 1 aliphatic carbocycles. The SMILES string of the molecule is CCCCCCC[C@]1(C)NC(=O)N(Nc2ncnc3sc4c(c23)CCCC4)C1=O. The third-order valence-electron chi connectivity index (χ3n) is 6.01. The summed E-state index contributed by atoms with van der Waals surface area (Å²) >= 11 is 1.70. The zero-order valence-corrected chi connectivity index (χ0v) is 18.0. The smallest absolute Gasteiger partial charge is 0.322 e. The standard InChI is InChI=1S/C21H29N5O2S/c1-3-4-5-6-9-12-21(2)19(27)26(20(28)24-21)25-17-16-14-10-7-8-11-15(14)29-18(16)23-13-22-17/h13H,3-12H2,1-2H3,(H,24,28)(H,22,23,25)/t21-/m0/s1. The van der Waals surface area contributed by atoms with E-state index in [9.17, 15) is 9.59 Å². The highest BCUT2D eigenvalue weighted by Gasteiger charge is 2.48. The topological polar surface area (TPSA) is 87.2 Å². The van der Waals surface area contributed by atoms with E-state index in [2.05, 4.69) is 27.6 Å². The van der Waals surface area contributed by atoms with E-state index in [0.29, 0.717) is 12.2 Å². The molecule has 3 heterocycles. The van der Waals surface area contributed by atoms with Gasteiger partial charge in [-0.2, -0.15) is 5.01 Å². The Bertz CT molecular complexity index is 927. The highest BCUT2D eigenvalue weighted by atomic mass is 32.1. The number of fused-ring (bicyclic) bond motifs is 3. The van der Waals surface area contributed by atoms with Crippen LogP contribution in [0.3, 0.4) is 0 Å². The summed E-state index contributed by atoms with van der Waals surface area (Å²) in [5.74, 6) is 0.305. The minimum atomic E-state index is -0.865. The summed E-state index contributed by atoms with van der Waals surface area (Å²) < 4.78 is 0. The van der Waals surface area contributed by atoms with Crippen molar-refractivity contribution < 1.29 is 9.59 Å². The second-order valence-corrected chi connectivity index (χ2v) is 9.38. The molecule has 2 N–H and O–H groups in total. The van der Waals surface area contributed by atoms with Crippen LogP contribution in [0.1, 0.15) is 75.7 Å². The number of carbonyl (C=O) groups excluding carboxylic acids is 2. The Labute approximate surface area is 175 Å². The molecule has 1 fully saturated rings. The van der Waals surface area contributed by atoms with Gasteiger partial charge in [0, 0.05) is 4.88 Å². The molecule has 1 atom stereocenters. The second kappa shape index (κ2) is 8.26. The van der Waals surface area contributed by atoms with Crippen LogP contribution in [0, 0.1) is 0 Å². The summed E-state index contributed by atoms with van der Waals surface area (Å²) in [6.45, 7) is 4.00. The number of nitrogens with one attached hydrogen (secondary N) is 2. The fourth-order valence-electron chi connectivity index (χ4n) is 4.32. The third kappa shape index (κ3) is 3.82. The fourth-order valence-corrected chi connectivity index (χ4v) is 5.55. The average Bonchev–Trinajstić information content (AvgIpc) is 3.19. The molecule has 3 amide bonds. The maximum Gasteiger partial charge on any atom is 0.344 e. The Morgan fingerprint density at radius 1 is 1.17 bits per heavy atom. The van der Waals surface area contributed by atoms with Crippen LogP contribution in [0.15, 0.2) is 6.33 Å². The first-order valence-corrected chi connectivity index (χ1v) is 11.5. The van der Waals surface area contributed by atoms with Crippen LogP contribution in [0.4, 0.5) is 10.6 Å². The number of hydrogen-bond acceptors (Lipinski definition) is 6. The van der Waals surface area contributed by atoms with Crippen LogP contribution in [-0.2, 0) is 17.6 Å². The van der Waals surface area contributed by atoms with Crippen molar-refractivity contribution in [3.63, 3.8) is 0 Å². The van der Waals surface area contributed by atoms with Gasteiger partial charge in [0.2, 0.25) is 0 Å². The molecule has 1 saturated heterocycles. The quantitative estimate of drug-likeness (QED) is 0.487. The molecule has 8 heteroatoms. The Morgan fingerprint density at radius 3 is 2.79 bits per heavy atom. The number of hydrazine groups is 1. The number of nitrogens with zero attached hydrogens (tertiary/aromatic N) is 3. The lowest BCUT2D eigenvalue weighted by molar-refractivity contribution is -0.130. The lowest BCUT2D eigenvalue weighted by atomic mass is 9.94. The number of amides is 3. The van der Waals surface area contributed by atoms with Gasteiger partial charge in [-0.05, 0) is 44.6 Å². The van der Waals surface area contributed by atoms with Crippen LogP contribution in [0.5, 0.6) is 0 Å². The van der Waals surface area contributed by atoms with Crippen LogP contribution < -0.4 is 10.7 Å². The van der Waals surface area contributed by atoms with Crippen LogP contribution in [0.25, 0.3) is 10.2 Å². The number of unbranched alkanes of at least 4 members (excludes halogenated alkanes) is 4. The molecule has 1 aliphatic heterocycles. The molecule has 29 heavy (non-hydrogen) atoms. The molecule has 0 unspecified atom stereocenters. The summed E-state index contributed by atoms with van der Waals surface area (Å²) in [6.07, 6.45) is 12.1. The number of aromatic nitrogens is 2. The lowest BCUT2D eigenvalue weighted by Gasteiger charge is -2.22. The number of carbonyl (C=O) groups is 2. The number of imide groups is 1. The Kier molecular flexibility index (Phi) is 5.72. The maximum atomic E-state index is 13.1. The fraction of sp³-hybridized carbons (Fsp3) is 0.619. The molecule has 0 bridgehead atoms. The predicted octanol–water partition coefficient (Wildman–Crippen LogP) is 4.57. The normalized spacial score (nSPS) is 21.5. The van der Waals surface area contributed by atoms with E-state index in [1.165, 1.54) is 42.5 Å². The van der Waals surface area contributed by atoms with E-state index in [1.807, 2.05) is 6.92 Å². The van der Waals surface area contributed by atoms with Crippen molar-refractivity contribution in [2.45, 2.75) is 83.6 Å². The molecular weight excluding hydrogens is 386 g/mol. The minimum absolute atomic E-state index is 0.242. The monoisotopic (exact) mass is 415 g/mol. The first-order chi connectivity index (χ1) is 14.0. The van der Waals surface area contributed by atoms with Gasteiger partial charge in [-0.25, -0.2) is 14.8 Å². The minimum Gasteiger partial charge on any atom is -0.322 e. The second-order valence-electron chi connectivity index (χ2n) is 8.29. The van der Waals surface area contributed by atoms with Crippen molar-refractivity contribution in [3.8, 4) is 0 Å². The van der Waals surface area contributed by atoms with Gasteiger partial charge in [0.25, 0.3) is 5.91 Å². The summed E-state index contributed by atoms with van der Waals surface area (Å²) in [6, 6.07) is -0.415. The van der Waals surface area contributed by atoms with Crippen LogP contribution in [-0.4, -0.2) is 32.5 Å². The van der Waals surface area contributed by atoms with Gasteiger partial charge in [-0.3, -0.25) is 10.2 Å². The Balaban J connectivity index is 1.52. The highest BCUT2D eigenvalue weighted by molar-refractivity contribution is 7.19. The van der Waals surface area contributed by atoms with Crippen LogP contribution in [0.2, 0.25) is 0 Å². The van der Waals surface area contributed by atoms with Gasteiger partial charge in [-0.1, -0.05) is 39.0 Å². The molecule has 2 aliphatic rings. The van der Waals surface area contributed by atoms with E-state index in [1.54, 1.807) is 11.3 Å². The summed E-state index contributed by atoms with van der Waals surface area (Å²) in [5.41, 5.74) is 3.42. The number of thiophene rings is 1. The number of rotatable bonds is 8. The highest BCUT2D eigenvalue weighted by Crippen LogP contribution is 2.38. The molecule has 2 aromatic heterocycles. The van der Waals surface area contributed by atoms with E-state index < -0.39 is 11.6 Å². The van der Waals surface area contributed by atoms with Gasteiger partial charge in [-0.15, -0.1) is 11.3 Å². The van der Waals surface area contributed by atoms with Gasteiger partial charge in [0.05, 0.1) is 5.39 Å². The molecule has 0 spiro atoms. The molecule has 0 saturated carbocycles. The third-order valence-corrected chi connectivity index (χ3v) is 7.21. The first-order valence-electron chi connectivity index (χ1n) is 10.7. The van der Waals surface area contributed by atoms with Crippen molar-refractivity contribution in [1.29, 1.82) is 0 Å². The lowest BCUT2D eigenvalue weighted by Crippen LogP contribution is -2.44. The van der Waals surface area contributed by atoms with E-state index >= 15 is 0 Å². The molecule has 0 aromatic carbocycles. The van der Waals surface area contributed by atoms with Crippen LogP contribution >= 0.6 is 11.3 Å². The van der Waals surface area contributed by atoms with Crippen molar-refractivity contribution in [2.75, 3.05) is 5.43 Å². The van der Waals surface area contributed by atoms with Gasteiger partial charge < -0.3 is 5.32 Å². The molecular formula is C21H29N5O2S. The largest absolute Gasteiger partial charge is 0.344 e. The molecule has 2 aromatic rings. The summed E-state index contributed by atoms with van der Waals surface area (Å²) in [5, 5.41) is 4.94. The summed E-state index contributed by atoms with van der Waals surface area (Å²) in [7, 11) is 0. The van der Waals surface area contributed by atoms with Crippen molar-refractivity contribution in [1.82, 2.24) is 20.3 Å². The van der Waals surface area contributed by atoms with Gasteiger partial charge in [0.1, 0.15) is 16.7 Å². The molecule has 156 valence electrons. The number of urea groups is 1. The van der Waals surface area contributed by atoms with Gasteiger partial charge >= 0.3 is 6.03 Å². The van der Waals surface area contributed by atoms with Gasteiger partial charge in [0.15, 0.2) is 5.82 Å². The molecule has 4 rings (SSSR count). The predicted molar refractivity (Wildman–Crippen MR) is 115 cm³/mol. The van der Waals surface area contributed by atoms with E-state index in [4.69, 9.17) is 0 Å². The van der Waals surface area contributed by atoms with Crippen molar-refractivity contribution in [2.24, 2.45) is 0 Å². The van der Waals surface area contributed by atoms with E-state index in [-0.39, 0.29) is 5.91 Å². The molecule has 0 radical (unpaired) electrons. The Morgan fingerprint density at radius 2 is 1.97 bits per heavy atom. The zero-order chi connectivity index (χ0) is 20.4. The zero-order valence-electron chi connectivity index (χ0n) is 17.2. The summed E-state index contributed by atoms with van der Waals surface area (Å²) in [4.78, 5) is 36.7. The number of aryl methyl sites for hydroxylation is 2. The molecule has 7 nitrogen and oxygen atoms in total. The first kappa shape index (κ1) is 20.1. The number of hydrogen-bond donors (Lipinski definition) is 2.